The summed E-state index contributed by atoms with van der Waals surface area (Å²) in [6.45, 7) is 4.87. The zero-order valence-corrected chi connectivity index (χ0v) is 18.9. The van der Waals surface area contributed by atoms with Gasteiger partial charge in [0.25, 0.3) is 5.89 Å². The lowest BCUT2D eigenvalue weighted by Gasteiger charge is -2.29. The predicted octanol–water partition coefficient (Wildman–Crippen LogP) is 4.48. The molecule has 1 aliphatic rings. The number of anilines is 1. The van der Waals surface area contributed by atoms with Gasteiger partial charge in [-0.2, -0.15) is 4.98 Å². The Hall–Kier alpha value is -3.04. The van der Waals surface area contributed by atoms with E-state index in [1.54, 1.807) is 12.3 Å². The van der Waals surface area contributed by atoms with E-state index in [9.17, 15) is 4.79 Å². The number of pyridine rings is 1. The normalized spacial score (nSPS) is 14.3. The minimum Gasteiger partial charge on any atom is -0.378 e. The Balaban J connectivity index is 1.62. The number of nitrogens with zero attached hydrogens (tertiary/aromatic N) is 4. The maximum atomic E-state index is 15.0. The third-order valence-corrected chi connectivity index (χ3v) is 6.07. The van der Waals surface area contributed by atoms with Gasteiger partial charge in [0.1, 0.15) is 11.4 Å². The zero-order chi connectivity index (χ0) is 22.2. The molecule has 0 aliphatic carbocycles. The largest absolute Gasteiger partial charge is 0.378 e. The summed E-state index contributed by atoms with van der Waals surface area (Å²) < 4.78 is 28.6. The summed E-state index contributed by atoms with van der Waals surface area (Å²) in [5.41, 5.74) is 1.79. The molecule has 0 saturated carbocycles. The number of aromatic nitrogens is 3. The first-order chi connectivity index (χ1) is 15.5. The average Bonchev–Trinajstić information content (AvgIpc) is 3.30. The van der Waals surface area contributed by atoms with Crippen LogP contribution in [0.25, 0.3) is 33.7 Å². The van der Waals surface area contributed by atoms with Gasteiger partial charge >= 0.3 is 0 Å². The fourth-order valence-corrected chi connectivity index (χ4v) is 4.34. The fourth-order valence-electron chi connectivity index (χ4n) is 3.94. The monoisotopic (exact) mass is 498 g/mol. The average molecular weight is 499 g/mol. The molecule has 0 radical (unpaired) electrons. The molecule has 0 amide bonds. The molecule has 2 aromatic heterocycles. The Morgan fingerprint density at radius 3 is 2.75 bits per heavy atom. The molecule has 164 valence electrons. The number of rotatable bonds is 4. The smallest absolute Gasteiger partial charge is 0.263 e. The predicted molar refractivity (Wildman–Crippen MR) is 123 cm³/mol. The summed E-state index contributed by atoms with van der Waals surface area (Å²) in [4.78, 5) is 19.7. The molecule has 3 heterocycles. The SMILES string of the molecule is CCn1cc(-c2nc(-c3cccc(Br)c3)no2)c(=O)c2cc(F)c(N3CCOCC3)cc21. The molecule has 1 saturated heterocycles. The molecule has 4 aromatic rings. The Morgan fingerprint density at radius 2 is 2.00 bits per heavy atom. The second kappa shape index (κ2) is 8.48. The highest BCUT2D eigenvalue weighted by molar-refractivity contribution is 9.10. The van der Waals surface area contributed by atoms with Crippen molar-refractivity contribution in [1.82, 2.24) is 14.7 Å². The van der Waals surface area contributed by atoms with E-state index in [-0.39, 0.29) is 22.3 Å². The number of ether oxygens (including phenoxy) is 1. The van der Waals surface area contributed by atoms with Crippen LogP contribution in [0.3, 0.4) is 0 Å². The van der Waals surface area contributed by atoms with Crippen LogP contribution in [0, 0.1) is 5.82 Å². The molecule has 7 nitrogen and oxygen atoms in total. The fraction of sp³-hybridized carbons (Fsp3) is 0.261. The number of hydrogen-bond donors (Lipinski definition) is 0. The van der Waals surface area contributed by atoms with Crippen molar-refractivity contribution in [2.24, 2.45) is 0 Å². The molecule has 0 N–H and O–H groups in total. The van der Waals surface area contributed by atoms with Gasteiger partial charge in [0.2, 0.25) is 11.3 Å². The minimum atomic E-state index is -0.434. The lowest BCUT2D eigenvalue weighted by atomic mass is 10.1. The first kappa shape index (κ1) is 20.8. The molecule has 0 bridgehead atoms. The third kappa shape index (κ3) is 3.71. The highest BCUT2D eigenvalue weighted by Crippen LogP contribution is 2.28. The van der Waals surface area contributed by atoms with Gasteiger partial charge in [-0.05, 0) is 31.2 Å². The summed E-state index contributed by atoms with van der Waals surface area (Å²) in [6, 6.07) is 10.5. The van der Waals surface area contributed by atoms with Crippen molar-refractivity contribution >= 4 is 32.5 Å². The molecule has 9 heteroatoms. The number of aryl methyl sites for hydroxylation is 1. The topological polar surface area (TPSA) is 73.4 Å². The van der Waals surface area contributed by atoms with Crippen LogP contribution in [0.15, 0.2) is 56.4 Å². The van der Waals surface area contributed by atoms with Gasteiger partial charge < -0.3 is 18.7 Å². The summed E-state index contributed by atoms with van der Waals surface area (Å²) >= 11 is 3.42. The quantitative estimate of drug-likeness (QED) is 0.413. The van der Waals surface area contributed by atoms with Crippen molar-refractivity contribution in [1.29, 1.82) is 0 Å². The Morgan fingerprint density at radius 1 is 1.19 bits per heavy atom. The molecule has 1 fully saturated rings. The lowest BCUT2D eigenvalue weighted by Crippen LogP contribution is -2.36. The molecular formula is C23H20BrFN4O3. The van der Waals surface area contributed by atoms with Gasteiger partial charge in [0.05, 0.1) is 24.4 Å². The van der Waals surface area contributed by atoms with Crippen molar-refractivity contribution in [2.75, 3.05) is 31.2 Å². The zero-order valence-electron chi connectivity index (χ0n) is 17.3. The van der Waals surface area contributed by atoms with Crippen LogP contribution in [-0.4, -0.2) is 41.0 Å². The number of halogens is 2. The Kier molecular flexibility index (Phi) is 5.52. The summed E-state index contributed by atoms with van der Waals surface area (Å²) in [6.07, 6.45) is 1.70. The molecule has 0 spiro atoms. The Labute approximate surface area is 191 Å². The maximum Gasteiger partial charge on any atom is 0.263 e. The second-order valence-corrected chi connectivity index (χ2v) is 8.43. The lowest BCUT2D eigenvalue weighted by molar-refractivity contribution is 0.122. The van der Waals surface area contributed by atoms with E-state index in [4.69, 9.17) is 9.26 Å². The molecule has 0 unspecified atom stereocenters. The van der Waals surface area contributed by atoms with Crippen LogP contribution in [-0.2, 0) is 11.3 Å². The van der Waals surface area contributed by atoms with Crippen LogP contribution in [0.2, 0.25) is 0 Å². The minimum absolute atomic E-state index is 0.103. The van der Waals surface area contributed by atoms with Crippen LogP contribution in [0.4, 0.5) is 10.1 Å². The van der Waals surface area contributed by atoms with E-state index < -0.39 is 5.82 Å². The van der Waals surface area contributed by atoms with E-state index in [1.807, 2.05) is 40.7 Å². The first-order valence-corrected chi connectivity index (χ1v) is 11.1. The van der Waals surface area contributed by atoms with Crippen molar-refractivity contribution < 1.29 is 13.7 Å². The van der Waals surface area contributed by atoms with E-state index in [0.29, 0.717) is 49.9 Å². The van der Waals surface area contributed by atoms with Crippen molar-refractivity contribution in [2.45, 2.75) is 13.5 Å². The number of hydrogen-bond acceptors (Lipinski definition) is 6. The van der Waals surface area contributed by atoms with Crippen LogP contribution < -0.4 is 10.3 Å². The van der Waals surface area contributed by atoms with Gasteiger partial charge in [-0.25, -0.2) is 4.39 Å². The van der Waals surface area contributed by atoms with Gasteiger partial charge in [-0.1, -0.05) is 33.2 Å². The Bertz CT molecular complexity index is 1360. The highest BCUT2D eigenvalue weighted by atomic mass is 79.9. The summed E-state index contributed by atoms with van der Waals surface area (Å²) in [5.74, 6) is 0.0427. The third-order valence-electron chi connectivity index (χ3n) is 5.58. The standard InChI is InChI=1S/C23H20BrFN4O3/c1-2-28-13-17(23-26-22(27-32-23)14-4-3-5-15(24)10-14)21(30)16-11-18(25)20(12-19(16)28)29-6-8-31-9-7-29/h3-5,10-13H,2,6-9H2,1H3. The second-order valence-electron chi connectivity index (χ2n) is 7.51. The van der Waals surface area contributed by atoms with E-state index >= 15 is 4.39 Å². The summed E-state index contributed by atoms with van der Waals surface area (Å²) in [7, 11) is 0. The molecule has 0 atom stereocenters. The first-order valence-electron chi connectivity index (χ1n) is 10.3. The van der Waals surface area contributed by atoms with Gasteiger partial charge in [0, 0.05) is 41.3 Å². The number of benzene rings is 2. The molecule has 1 aliphatic heterocycles. The van der Waals surface area contributed by atoms with Crippen LogP contribution in [0.1, 0.15) is 6.92 Å². The van der Waals surface area contributed by atoms with Gasteiger partial charge in [-0.15, -0.1) is 0 Å². The van der Waals surface area contributed by atoms with E-state index in [2.05, 4.69) is 26.1 Å². The number of fused-ring (bicyclic) bond motifs is 1. The summed E-state index contributed by atoms with van der Waals surface area (Å²) in [5, 5.41) is 4.30. The van der Waals surface area contributed by atoms with Crippen LogP contribution in [0.5, 0.6) is 0 Å². The van der Waals surface area contributed by atoms with Crippen LogP contribution >= 0.6 is 15.9 Å². The molecule has 5 rings (SSSR count). The molecular weight excluding hydrogens is 479 g/mol. The highest BCUT2D eigenvalue weighted by Gasteiger charge is 2.21. The number of morpholine rings is 1. The molecule has 32 heavy (non-hydrogen) atoms. The van der Waals surface area contributed by atoms with Gasteiger partial charge in [-0.3, -0.25) is 4.79 Å². The van der Waals surface area contributed by atoms with Gasteiger partial charge in [0.15, 0.2) is 0 Å². The van der Waals surface area contributed by atoms with Crippen molar-refractivity contribution in [3.63, 3.8) is 0 Å². The van der Waals surface area contributed by atoms with Crippen molar-refractivity contribution in [3.05, 3.63) is 63.1 Å². The van der Waals surface area contributed by atoms with E-state index in [1.165, 1.54) is 6.07 Å². The maximum absolute atomic E-state index is 15.0. The molecule has 2 aromatic carbocycles. The van der Waals surface area contributed by atoms with Crippen molar-refractivity contribution in [3.8, 4) is 22.8 Å². The van der Waals surface area contributed by atoms with E-state index in [0.717, 1.165) is 10.0 Å².